The third-order valence-corrected chi connectivity index (χ3v) is 4.35. The van der Waals surface area contributed by atoms with E-state index in [1.165, 1.54) is 7.11 Å². The molecule has 0 aliphatic carbocycles. The van der Waals surface area contributed by atoms with Crippen LogP contribution in [0.15, 0.2) is 52.9 Å². The first-order chi connectivity index (χ1) is 12.5. The standard InChI is InChI=1S/C20H18ClNO4/c1-12-4-5-13(10-15(12)21)17-8-9-19(26-17)20(23)22-16-11-14(24-2)6-7-18(16)25-3/h4-11H,1-3H3,(H,22,23). The van der Waals surface area contributed by atoms with E-state index >= 15 is 0 Å². The van der Waals surface area contributed by atoms with Crippen molar-refractivity contribution in [3.63, 3.8) is 0 Å². The Kier molecular flexibility index (Phi) is 5.19. The Morgan fingerprint density at radius 3 is 2.54 bits per heavy atom. The zero-order chi connectivity index (χ0) is 18.7. The van der Waals surface area contributed by atoms with E-state index < -0.39 is 0 Å². The zero-order valence-corrected chi connectivity index (χ0v) is 15.4. The average molecular weight is 372 g/mol. The van der Waals surface area contributed by atoms with Gasteiger partial charge in [0.05, 0.1) is 19.9 Å². The number of methoxy groups -OCH3 is 2. The maximum atomic E-state index is 12.5. The smallest absolute Gasteiger partial charge is 0.291 e. The van der Waals surface area contributed by atoms with E-state index in [0.717, 1.165) is 11.1 Å². The van der Waals surface area contributed by atoms with Crippen LogP contribution in [0, 0.1) is 6.92 Å². The Labute approximate surface area is 156 Å². The maximum absolute atomic E-state index is 12.5. The van der Waals surface area contributed by atoms with Crippen LogP contribution in [0.5, 0.6) is 11.5 Å². The van der Waals surface area contributed by atoms with Gasteiger partial charge in [-0.05, 0) is 42.8 Å². The molecular formula is C20H18ClNO4. The number of nitrogens with one attached hydrogen (secondary N) is 1. The molecule has 3 rings (SSSR count). The minimum atomic E-state index is -0.388. The van der Waals surface area contributed by atoms with Gasteiger partial charge in [-0.2, -0.15) is 0 Å². The first-order valence-electron chi connectivity index (χ1n) is 7.91. The molecule has 0 saturated heterocycles. The largest absolute Gasteiger partial charge is 0.497 e. The highest BCUT2D eigenvalue weighted by atomic mass is 35.5. The van der Waals surface area contributed by atoms with Gasteiger partial charge in [0, 0.05) is 16.7 Å². The average Bonchev–Trinajstić information content (AvgIpc) is 3.14. The lowest BCUT2D eigenvalue weighted by molar-refractivity contribution is 0.0997. The highest BCUT2D eigenvalue weighted by Gasteiger charge is 2.15. The fourth-order valence-corrected chi connectivity index (χ4v) is 2.64. The quantitative estimate of drug-likeness (QED) is 0.671. The van der Waals surface area contributed by atoms with Gasteiger partial charge in [-0.25, -0.2) is 0 Å². The molecule has 134 valence electrons. The van der Waals surface area contributed by atoms with Crippen molar-refractivity contribution in [1.29, 1.82) is 0 Å². The highest BCUT2D eigenvalue weighted by Crippen LogP contribution is 2.30. The normalized spacial score (nSPS) is 10.5. The lowest BCUT2D eigenvalue weighted by Crippen LogP contribution is -2.11. The van der Waals surface area contributed by atoms with Crippen LogP contribution in [0.3, 0.4) is 0 Å². The predicted octanol–water partition coefficient (Wildman–Crippen LogP) is 5.18. The van der Waals surface area contributed by atoms with Gasteiger partial charge in [0.2, 0.25) is 0 Å². The Balaban J connectivity index is 1.83. The SMILES string of the molecule is COc1ccc(OC)c(NC(=O)c2ccc(-c3ccc(C)c(Cl)c3)o2)c1. The fraction of sp³-hybridized carbons (Fsp3) is 0.150. The molecule has 0 spiro atoms. The van der Waals surface area contributed by atoms with Crippen LogP contribution in [-0.4, -0.2) is 20.1 Å². The van der Waals surface area contributed by atoms with Crippen LogP contribution in [0.2, 0.25) is 5.02 Å². The summed E-state index contributed by atoms with van der Waals surface area (Å²) in [5.41, 5.74) is 2.27. The van der Waals surface area contributed by atoms with Gasteiger partial charge in [-0.15, -0.1) is 0 Å². The summed E-state index contributed by atoms with van der Waals surface area (Å²) in [6, 6.07) is 14.1. The number of carbonyl (C=O) groups is 1. The second-order valence-electron chi connectivity index (χ2n) is 5.65. The summed E-state index contributed by atoms with van der Waals surface area (Å²) in [6.45, 7) is 1.93. The molecule has 1 aromatic heterocycles. The number of anilines is 1. The van der Waals surface area contributed by atoms with Gasteiger partial charge in [0.25, 0.3) is 5.91 Å². The summed E-state index contributed by atoms with van der Waals surface area (Å²) in [4.78, 5) is 12.5. The topological polar surface area (TPSA) is 60.7 Å². The van der Waals surface area contributed by atoms with Gasteiger partial charge in [0.15, 0.2) is 5.76 Å². The zero-order valence-electron chi connectivity index (χ0n) is 14.6. The molecule has 0 radical (unpaired) electrons. The molecule has 0 atom stereocenters. The number of amides is 1. The number of rotatable bonds is 5. The molecule has 0 bridgehead atoms. The van der Waals surface area contributed by atoms with Crippen LogP contribution in [0.25, 0.3) is 11.3 Å². The molecule has 3 aromatic rings. The summed E-state index contributed by atoms with van der Waals surface area (Å²) in [6.07, 6.45) is 0. The Hall–Kier alpha value is -2.92. The van der Waals surface area contributed by atoms with Crippen molar-refractivity contribution in [3.8, 4) is 22.8 Å². The summed E-state index contributed by atoms with van der Waals surface area (Å²) in [5, 5.41) is 3.42. The number of carbonyl (C=O) groups excluding carboxylic acids is 1. The lowest BCUT2D eigenvalue weighted by Gasteiger charge is -2.10. The van der Waals surface area contributed by atoms with Gasteiger partial charge in [-0.1, -0.05) is 23.7 Å². The van der Waals surface area contributed by atoms with Crippen LogP contribution < -0.4 is 14.8 Å². The Morgan fingerprint density at radius 1 is 1.04 bits per heavy atom. The molecule has 1 heterocycles. The number of hydrogen-bond donors (Lipinski definition) is 1. The number of aryl methyl sites for hydroxylation is 1. The van der Waals surface area contributed by atoms with E-state index in [9.17, 15) is 4.79 Å². The molecule has 6 heteroatoms. The molecule has 0 fully saturated rings. The maximum Gasteiger partial charge on any atom is 0.291 e. The minimum Gasteiger partial charge on any atom is -0.497 e. The highest BCUT2D eigenvalue weighted by molar-refractivity contribution is 6.31. The number of ether oxygens (including phenoxy) is 2. The second-order valence-corrected chi connectivity index (χ2v) is 6.06. The molecule has 0 unspecified atom stereocenters. The van der Waals surface area contributed by atoms with Crippen molar-refractivity contribution >= 4 is 23.2 Å². The van der Waals surface area contributed by atoms with Crippen LogP contribution >= 0.6 is 11.6 Å². The van der Waals surface area contributed by atoms with Crippen LogP contribution in [-0.2, 0) is 0 Å². The van der Waals surface area contributed by atoms with Gasteiger partial charge in [-0.3, -0.25) is 4.79 Å². The minimum absolute atomic E-state index is 0.182. The van der Waals surface area contributed by atoms with Crippen molar-refractivity contribution < 1.29 is 18.7 Å². The molecule has 0 aliphatic rings. The summed E-state index contributed by atoms with van der Waals surface area (Å²) in [7, 11) is 3.09. The van der Waals surface area contributed by atoms with E-state index in [1.54, 1.807) is 37.4 Å². The van der Waals surface area contributed by atoms with Crippen molar-refractivity contribution in [2.24, 2.45) is 0 Å². The molecule has 26 heavy (non-hydrogen) atoms. The lowest BCUT2D eigenvalue weighted by atomic mass is 10.1. The monoisotopic (exact) mass is 371 g/mol. The van der Waals surface area contributed by atoms with Crippen molar-refractivity contribution in [2.75, 3.05) is 19.5 Å². The third kappa shape index (κ3) is 3.68. The first kappa shape index (κ1) is 17.9. The summed E-state index contributed by atoms with van der Waals surface area (Å²) >= 11 is 6.16. The van der Waals surface area contributed by atoms with Crippen molar-refractivity contribution in [1.82, 2.24) is 0 Å². The fourth-order valence-electron chi connectivity index (χ4n) is 2.46. The van der Waals surface area contributed by atoms with Crippen LogP contribution in [0.4, 0.5) is 5.69 Å². The molecule has 5 nitrogen and oxygen atoms in total. The van der Waals surface area contributed by atoms with E-state index in [1.807, 2.05) is 25.1 Å². The molecule has 2 aromatic carbocycles. The first-order valence-corrected chi connectivity index (χ1v) is 8.29. The predicted molar refractivity (Wildman–Crippen MR) is 101 cm³/mol. The molecular weight excluding hydrogens is 354 g/mol. The van der Waals surface area contributed by atoms with E-state index in [2.05, 4.69) is 5.32 Å². The van der Waals surface area contributed by atoms with E-state index in [-0.39, 0.29) is 11.7 Å². The van der Waals surface area contributed by atoms with Gasteiger partial charge in [0.1, 0.15) is 17.3 Å². The number of halogens is 1. The van der Waals surface area contributed by atoms with Crippen molar-refractivity contribution in [3.05, 3.63) is 64.9 Å². The van der Waals surface area contributed by atoms with Crippen LogP contribution in [0.1, 0.15) is 16.1 Å². The second kappa shape index (κ2) is 7.54. The van der Waals surface area contributed by atoms with Gasteiger partial charge < -0.3 is 19.2 Å². The summed E-state index contributed by atoms with van der Waals surface area (Å²) < 4.78 is 16.1. The number of furan rings is 1. The Bertz CT molecular complexity index is 949. The number of hydrogen-bond acceptors (Lipinski definition) is 4. The van der Waals surface area contributed by atoms with E-state index in [4.69, 9.17) is 25.5 Å². The molecule has 1 amide bonds. The molecule has 0 saturated carbocycles. The molecule has 0 aliphatic heterocycles. The van der Waals surface area contributed by atoms with Gasteiger partial charge >= 0.3 is 0 Å². The molecule has 1 N–H and O–H groups in total. The Morgan fingerprint density at radius 2 is 1.85 bits per heavy atom. The third-order valence-electron chi connectivity index (χ3n) is 3.94. The van der Waals surface area contributed by atoms with E-state index in [0.29, 0.717) is 28.0 Å². The van der Waals surface area contributed by atoms with Crippen molar-refractivity contribution in [2.45, 2.75) is 6.92 Å². The summed E-state index contributed by atoms with van der Waals surface area (Å²) in [5.74, 6) is 1.49. The number of benzene rings is 2.